The van der Waals surface area contributed by atoms with E-state index >= 15 is 0 Å². The molecule has 1 aromatic carbocycles. The number of halogens is 1. The molecule has 3 heterocycles. The Labute approximate surface area is 172 Å². The highest BCUT2D eigenvalue weighted by Gasteiger charge is 2.22. The SMILES string of the molecule is O=C(CSc1nncn1-c1cccc(Cl)c1)N1CCN(c2ccccn2)CC1. The van der Waals surface area contributed by atoms with Crippen LogP contribution in [0.5, 0.6) is 0 Å². The molecule has 3 aromatic rings. The van der Waals surface area contributed by atoms with Crippen LogP contribution in [0.25, 0.3) is 5.69 Å². The van der Waals surface area contributed by atoms with Gasteiger partial charge in [-0.25, -0.2) is 4.98 Å². The highest BCUT2D eigenvalue weighted by atomic mass is 35.5. The normalized spacial score (nSPS) is 14.3. The minimum atomic E-state index is 0.103. The molecular formula is C19H19ClN6OS. The van der Waals surface area contributed by atoms with Gasteiger partial charge in [0.05, 0.1) is 11.4 Å². The number of piperazine rings is 1. The van der Waals surface area contributed by atoms with E-state index in [4.69, 9.17) is 11.6 Å². The number of carbonyl (C=O) groups is 1. The van der Waals surface area contributed by atoms with Crippen LogP contribution in [0.1, 0.15) is 0 Å². The van der Waals surface area contributed by atoms with E-state index in [2.05, 4.69) is 20.1 Å². The van der Waals surface area contributed by atoms with Gasteiger partial charge in [0, 0.05) is 37.4 Å². The van der Waals surface area contributed by atoms with E-state index in [0.29, 0.717) is 29.0 Å². The summed E-state index contributed by atoms with van der Waals surface area (Å²) in [6, 6.07) is 13.3. The van der Waals surface area contributed by atoms with Crippen LogP contribution in [0.3, 0.4) is 0 Å². The lowest BCUT2D eigenvalue weighted by Crippen LogP contribution is -2.49. The second kappa shape index (κ2) is 8.62. The quantitative estimate of drug-likeness (QED) is 0.598. The second-order valence-electron chi connectivity index (χ2n) is 6.31. The van der Waals surface area contributed by atoms with Gasteiger partial charge in [-0.15, -0.1) is 10.2 Å². The van der Waals surface area contributed by atoms with E-state index in [1.807, 2.05) is 51.9 Å². The van der Waals surface area contributed by atoms with Gasteiger partial charge in [-0.2, -0.15) is 0 Å². The number of amides is 1. The van der Waals surface area contributed by atoms with Crippen molar-refractivity contribution in [3.63, 3.8) is 0 Å². The van der Waals surface area contributed by atoms with Crippen molar-refractivity contribution in [2.75, 3.05) is 36.8 Å². The predicted molar refractivity (Wildman–Crippen MR) is 110 cm³/mol. The van der Waals surface area contributed by atoms with E-state index in [0.717, 1.165) is 24.6 Å². The van der Waals surface area contributed by atoms with Crippen molar-refractivity contribution in [3.8, 4) is 5.69 Å². The van der Waals surface area contributed by atoms with E-state index in [-0.39, 0.29) is 5.91 Å². The molecular weight excluding hydrogens is 396 g/mol. The van der Waals surface area contributed by atoms with Crippen molar-refractivity contribution < 1.29 is 4.79 Å². The number of hydrogen-bond acceptors (Lipinski definition) is 6. The van der Waals surface area contributed by atoms with Crippen molar-refractivity contribution in [3.05, 3.63) is 60.0 Å². The highest BCUT2D eigenvalue weighted by Crippen LogP contribution is 2.22. The lowest BCUT2D eigenvalue weighted by Gasteiger charge is -2.35. The first kappa shape index (κ1) is 18.8. The summed E-state index contributed by atoms with van der Waals surface area (Å²) < 4.78 is 1.84. The van der Waals surface area contributed by atoms with Gasteiger partial charge in [0.25, 0.3) is 0 Å². The Morgan fingerprint density at radius 1 is 1.11 bits per heavy atom. The summed E-state index contributed by atoms with van der Waals surface area (Å²) in [7, 11) is 0. The highest BCUT2D eigenvalue weighted by molar-refractivity contribution is 7.99. The molecule has 28 heavy (non-hydrogen) atoms. The maximum atomic E-state index is 12.6. The van der Waals surface area contributed by atoms with Crippen LogP contribution in [0, 0.1) is 0 Å². The summed E-state index contributed by atoms with van der Waals surface area (Å²) in [5, 5.41) is 9.42. The maximum absolute atomic E-state index is 12.6. The van der Waals surface area contributed by atoms with Crippen LogP contribution >= 0.6 is 23.4 Å². The fourth-order valence-electron chi connectivity index (χ4n) is 3.07. The van der Waals surface area contributed by atoms with Crippen molar-refractivity contribution in [2.45, 2.75) is 5.16 Å². The number of aromatic nitrogens is 4. The van der Waals surface area contributed by atoms with Gasteiger partial charge in [-0.1, -0.05) is 35.5 Å². The molecule has 2 aromatic heterocycles. The third-order valence-corrected chi connectivity index (χ3v) is 5.70. The lowest BCUT2D eigenvalue weighted by atomic mass is 10.3. The predicted octanol–water partition coefficient (Wildman–Crippen LogP) is 2.76. The van der Waals surface area contributed by atoms with Crippen molar-refractivity contribution in [1.82, 2.24) is 24.6 Å². The molecule has 0 N–H and O–H groups in total. The molecule has 0 aliphatic carbocycles. The fraction of sp³-hybridized carbons (Fsp3) is 0.263. The van der Waals surface area contributed by atoms with Gasteiger partial charge in [-0.3, -0.25) is 9.36 Å². The zero-order valence-electron chi connectivity index (χ0n) is 15.1. The summed E-state index contributed by atoms with van der Waals surface area (Å²) in [4.78, 5) is 21.1. The van der Waals surface area contributed by atoms with E-state index in [1.54, 1.807) is 12.5 Å². The molecule has 9 heteroatoms. The minimum Gasteiger partial charge on any atom is -0.353 e. The third-order valence-electron chi connectivity index (χ3n) is 4.53. The Morgan fingerprint density at radius 3 is 2.71 bits per heavy atom. The van der Waals surface area contributed by atoms with Crippen molar-refractivity contribution in [1.29, 1.82) is 0 Å². The van der Waals surface area contributed by atoms with Gasteiger partial charge in [0.2, 0.25) is 5.91 Å². The first-order valence-corrected chi connectivity index (χ1v) is 10.3. The van der Waals surface area contributed by atoms with Gasteiger partial charge in [0.15, 0.2) is 5.16 Å². The Hall–Kier alpha value is -2.58. The molecule has 1 amide bonds. The standard InChI is InChI=1S/C19H19ClN6OS/c20-15-4-3-5-16(12-15)26-14-22-23-19(26)28-13-18(27)25-10-8-24(9-11-25)17-6-1-2-7-21-17/h1-7,12,14H,8-11,13H2. The summed E-state index contributed by atoms with van der Waals surface area (Å²) in [5.41, 5.74) is 0.872. The van der Waals surface area contributed by atoms with Gasteiger partial charge in [-0.05, 0) is 30.3 Å². The summed E-state index contributed by atoms with van der Waals surface area (Å²) in [6.07, 6.45) is 3.42. The number of carbonyl (C=O) groups excluding carboxylic acids is 1. The molecule has 0 spiro atoms. The number of thioether (sulfide) groups is 1. The average Bonchev–Trinajstić information content (AvgIpc) is 3.21. The molecule has 0 bridgehead atoms. The molecule has 144 valence electrons. The van der Waals surface area contributed by atoms with Crippen LogP contribution in [0.2, 0.25) is 5.02 Å². The second-order valence-corrected chi connectivity index (χ2v) is 7.69. The Balaban J connectivity index is 1.33. The Morgan fingerprint density at radius 2 is 1.96 bits per heavy atom. The van der Waals surface area contributed by atoms with Crippen LogP contribution in [-0.4, -0.2) is 62.5 Å². The van der Waals surface area contributed by atoms with Gasteiger partial charge in [0.1, 0.15) is 12.1 Å². The summed E-state index contributed by atoms with van der Waals surface area (Å²) >= 11 is 7.45. The molecule has 1 saturated heterocycles. The first-order valence-electron chi connectivity index (χ1n) is 8.93. The molecule has 1 fully saturated rings. The fourth-order valence-corrected chi connectivity index (χ4v) is 4.09. The lowest BCUT2D eigenvalue weighted by molar-refractivity contribution is -0.128. The number of rotatable bonds is 5. The third kappa shape index (κ3) is 4.28. The average molecular weight is 415 g/mol. The first-order chi connectivity index (χ1) is 13.7. The number of hydrogen-bond donors (Lipinski definition) is 0. The molecule has 0 radical (unpaired) electrons. The van der Waals surface area contributed by atoms with Crippen molar-refractivity contribution >= 4 is 35.1 Å². The molecule has 1 aliphatic heterocycles. The monoisotopic (exact) mass is 414 g/mol. The van der Waals surface area contributed by atoms with Gasteiger partial charge < -0.3 is 9.80 Å². The number of pyridine rings is 1. The number of anilines is 1. The minimum absolute atomic E-state index is 0.103. The molecule has 0 saturated carbocycles. The molecule has 0 unspecified atom stereocenters. The Bertz CT molecular complexity index is 942. The number of nitrogens with zero attached hydrogens (tertiary/aromatic N) is 6. The van der Waals surface area contributed by atoms with E-state index < -0.39 is 0 Å². The largest absolute Gasteiger partial charge is 0.353 e. The van der Waals surface area contributed by atoms with Crippen LogP contribution < -0.4 is 4.90 Å². The zero-order valence-corrected chi connectivity index (χ0v) is 16.7. The maximum Gasteiger partial charge on any atom is 0.233 e. The smallest absolute Gasteiger partial charge is 0.233 e. The molecule has 4 rings (SSSR count). The van der Waals surface area contributed by atoms with Crippen LogP contribution in [-0.2, 0) is 4.79 Å². The Kier molecular flexibility index (Phi) is 5.78. The molecule has 0 atom stereocenters. The zero-order chi connectivity index (χ0) is 19.3. The van der Waals surface area contributed by atoms with Crippen LogP contribution in [0.15, 0.2) is 60.1 Å². The molecule has 1 aliphatic rings. The summed E-state index contributed by atoms with van der Waals surface area (Å²) in [6.45, 7) is 2.95. The van der Waals surface area contributed by atoms with Crippen molar-refractivity contribution in [2.24, 2.45) is 0 Å². The van der Waals surface area contributed by atoms with Gasteiger partial charge >= 0.3 is 0 Å². The van der Waals surface area contributed by atoms with E-state index in [1.165, 1.54) is 11.8 Å². The van der Waals surface area contributed by atoms with Crippen LogP contribution in [0.4, 0.5) is 5.82 Å². The molecule has 7 nitrogen and oxygen atoms in total. The summed E-state index contributed by atoms with van der Waals surface area (Å²) in [5.74, 6) is 1.38. The topological polar surface area (TPSA) is 67.2 Å². The number of benzene rings is 1. The van der Waals surface area contributed by atoms with E-state index in [9.17, 15) is 4.79 Å².